The third kappa shape index (κ3) is 8.84. The summed E-state index contributed by atoms with van der Waals surface area (Å²) in [4.78, 5) is 51.2. The van der Waals surface area contributed by atoms with E-state index in [9.17, 15) is 14.4 Å². The Balaban J connectivity index is 1.00. The number of likely N-dealkylation sites (tertiary alicyclic amines) is 1. The van der Waals surface area contributed by atoms with Crippen molar-refractivity contribution in [1.29, 1.82) is 0 Å². The molecule has 3 aromatic rings. The molecule has 2 aliphatic heterocycles. The Morgan fingerprint density at radius 2 is 1.59 bits per heavy atom. The zero-order valence-corrected chi connectivity index (χ0v) is 25.2. The highest BCUT2D eigenvalue weighted by Gasteiger charge is 2.23. The summed E-state index contributed by atoms with van der Waals surface area (Å²) in [7, 11) is 0. The number of aromatic carboxylic acids is 1. The molecule has 232 valence electrons. The molecule has 2 saturated heterocycles. The molecule has 0 unspecified atom stereocenters. The van der Waals surface area contributed by atoms with Gasteiger partial charge in [0.25, 0.3) is 5.91 Å². The fourth-order valence-corrected chi connectivity index (χ4v) is 5.45. The molecule has 2 amide bonds. The first-order valence-electron chi connectivity index (χ1n) is 15.3. The first kappa shape index (κ1) is 31.1. The molecule has 2 N–H and O–H groups in total. The average molecular weight is 601 g/mol. The van der Waals surface area contributed by atoms with Crippen LogP contribution in [0.15, 0.2) is 60.9 Å². The van der Waals surface area contributed by atoms with Gasteiger partial charge in [-0.05, 0) is 87.1 Å². The van der Waals surface area contributed by atoms with Crippen LogP contribution in [0, 0.1) is 5.92 Å². The fourth-order valence-electron chi connectivity index (χ4n) is 5.45. The number of pyridine rings is 2. The van der Waals surface area contributed by atoms with Gasteiger partial charge < -0.3 is 20.1 Å². The Morgan fingerprint density at radius 3 is 2.23 bits per heavy atom. The topological polar surface area (TPSA) is 128 Å². The van der Waals surface area contributed by atoms with E-state index in [-0.39, 0.29) is 17.4 Å². The van der Waals surface area contributed by atoms with Gasteiger partial charge in [-0.1, -0.05) is 19.1 Å². The summed E-state index contributed by atoms with van der Waals surface area (Å²) in [5, 5.41) is 11.8. The molecule has 1 aromatic carbocycles. The summed E-state index contributed by atoms with van der Waals surface area (Å²) in [5.74, 6) is -0.226. The Morgan fingerprint density at radius 1 is 0.864 bits per heavy atom. The Hall–Kier alpha value is -4.35. The zero-order chi connectivity index (χ0) is 30.9. The standard InChI is InChI=1S/C33H40N6O5/c1-24-12-15-38(16-13-24)23-25-4-6-26(7-5-25)31(40)36-29-10-11-30(35-22-29)44-33(43)39-19-17-37(18-20-39)14-2-3-28-9-8-27(21-34-28)32(41)42/h4-11,21-22,24H,2-3,12-20,23H2,1H3,(H,36,40)(H,41,42). The summed E-state index contributed by atoms with van der Waals surface area (Å²) < 4.78 is 5.47. The average Bonchev–Trinajstić information content (AvgIpc) is 3.04. The molecular weight excluding hydrogens is 560 g/mol. The number of piperidine rings is 1. The van der Waals surface area contributed by atoms with Gasteiger partial charge in [0.05, 0.1) is 17.4 Å². The van der Waals surface area contributed by atoms with Gasteiger partial charge in [0.1, 0.15) is 0 Å². The van der Waals surface area contributed by atoms with E-state index in [0.29, 0.717) is 24.3 Å². The summed E-state index contributed by atoms with van der Waals surface area (Å²) >= 11 is 0. The number of piperazine rings is 1. The van der Waals surface area contributed by atoms with Gasteiger partial charge in [0, 0.05) is 56.2 Å². The van der Waals surface area contributed by atoms with Crippen LogP contribution in [0.1, 0.15) is 58.2 Å². The van der Waals surface area contributed by atoms with Gasteiger partial charge in [-0.15, -0.1) is 0 Å². The van der Waals surface area contributed by atoms with Crippen LogP contribution in [0.3, 0.4) is 0 Å². The Kier molecular flexibility index (Phi) is 10.5. The lowest BCUT2D eigenvalue weighted by Gasteiger charge is -2.33. The van der Waals surface area contributed by atoms with Crippen LogP contribution in [-0.2, 0) is 13.0 Å². The molecule has 0 bridgehead atoms. The van der Waals surface area contributed by atoms with E-state index >= 15 is 0 Å². The van der Waals surface area contributed by atoms with Gasteiger partial charge in [-0.2, -0.15) is 0 Å². The molecule has 0 radical (unpaired) electrons. The van der Waals surface area contributed by atoms with Gasteiger partial charge in [0.2, 0.25) is 5.88 Å². The molecule has 2 fully saturated rings. The van der Waals surface area contributed by atoms with E-state index in [1.54, 1.807) is 29.2 Å². The van der Waals surface area contributed by atoms with Crippen LogP contribution in [0.5, 0.6) is 5.88 Å². The van der Waals surface area contributed by atoms with E-state index < -0.39 is 12.1 Å². The number of anilines is 1. The van der Waals surface area contributed by atoms with Crippen LogP contribution >= 0.6 is 0 Å². The van der Waals surface area contributed by atoms with E-state index in [4.69, 9.17) is 9.84 Å². The Bertz CT molecular complexity index is 1400. The number of carbonyl (C=O) groups excluding carboxylic acids is 2. The van der Waals surface area contributed by atoms with Crippen molar-refractivity contribution in [1.82, 2.24) is 24.7 Å². The number of carbonyl (C=O) groups is 3. The minimum atomic E-state index is -0.980. The van der Waals surface area contributed by atoms with Gasteiger partial charge in [0.15, 0.2) is 0 Å². The number of amides is 2. The summed E-state index contributed by atoms with van der Waals surface area (Å²) in [6, 6.07) is 14.3. The number of hydrogen-bond donors (Lipinski definition) is 2. The zero-order valence-electron chi connectivity index (χ0n) is 25.2. The largest absolute Gasteiger partial charge is 0.478 e. The van der Waals surface area contributed by atoms with Crippen LogP contribution in [0.25, 0.3) is 0 Å². The molecule has 44 heavy (non-hydrogen) atoms. The summed E-state index contributed by atoms with van der Waals surface area (Å²) in [5.41, 5.74) is 3.33. The number of benzene rings is 1. The van der Waals surface area contributed by atoms with Crippen LogP contribution < -0.4 is 10.1 Å². The van der Waals surface area contributed by atoms with Crippen molar-refractivity contribution in [2.75, 3.05) is 51.1 Å². The van der Waals surface area contributed by atoms with Gasteiger partial charge in [-0.3, -0.25) is 19.6 Å². The van der Waals surface area contributed by atoms with Crippen LogP contribution in [-0.4, -0.2) is 93.6 Å². The SMILES string of the molecule is CC1CCN(Cc2ccc(C(=O)Nc3ccc(OC(=O)N4CCN(CCCc5ccc(C(=O)O)cn5)CC4)nc3)cc2)CC1. The number of carboxylic acids is 1. The first-order chi connectivity index (χ1) is 21.3. The minimum absolute atomic E-state index is 0.174. The van der Waals surface area contributed by atoms with Gasteiger partial charge >= 0.3 is 12.1 Å². The monoisotopic (exact) mass is 600 g/mol. The molecular formula is C33H40N6O5. The maximum absolute atomic E-state index is 12.8. The highest BCUT2D eigenvalue weighted by atomic mass is 16.6. The molecule has 0 spiro atoms. The van der Waals surface area contributed by atoms with E-state index in [1.165, 1.54) is 30.8 Å². The quantitative estimate of drug-likeness (QED) is 0.348. The van der Waals surface area contributed by atoms with Crippen LogP contribution in [0.2, 0.25) is 0 Å². The second-order valence-electron chi connectivity index (χ2n) is 11.6. The highest BCUT2D eigenvalue weighted by molar-refractivity contribution is 6.04. The molecule has 2 aliphatic rings. The molecule has 11 heteroatoms. The number of nitrogens with zero attached hydrogens (tertiary/aromatic N) is 5. The van der Waals surface area contributed by atoms with Crippen molar-refractivity contribution < 1.29 is 24.2 Å². The number of nitrogens with one attached hydrogen (secondary N) is 1. The first-order valence-corrected chi connectivity index (χ1v) is 15.3. The third-order valence-electron chi connectivity index (χ3n) is 8.29. The molecule has 0 saturated carbocycles. The second-order valence-corrected chi connectivity index (χ2v) is 11.6. The Labute approximate surface area is 257 Å². The maximum atomic E-state index is 12.8. The maximum Gasteiger partial charge on any atom is 0.416 e. The van der Waals surface area contributed by atoms with Crippen molar-refractivity contribution in [3.63, 3.8) is 0 Å². The number of aromatic nitrogens is 2. The molecule has 2 aromatic heterocycles. The molecule has 0 atom stereocenters. The third-order valence-corrected chi connectivity index (χ3v) is 8.29. The van der Waals surface area contributed by atoms with Crippen LogP contribution in [0.4, 0.5) is 10.5 Å². The lowest BCUT2D eigenvalue weighted by Crippen LogP contribution is -2.49. The summed E-state index contributed by atoms with van der Waals surface area (Å²) in [6.45, 7) is 8.88. The smallest absolute Gasteiger partial charge is 0.416 e. The predicted octanol–water partition coefficient (Wildman–Crippen LogP) is 4.41. The van der Waals surface area contributed by atoms with E-state index in [1.807, 2.05) is 24.3 Å². The normalized spacial score (nSPS) is 16.4. The van der Waals surface area contributed by atoms with E-state index in [2.05, 4.69) is 32.0 Å². The summed E-state index contributed by atoms with van der Waals surface area (Å²) in [6.07, 6.45) is 6.54. The van der Waals surface area contributed by atoms with Crippen molar-refractivity contribution in [2.45, 2.75) is 39.2 Å². The predicted molar refractivity (Wildman–Crippen MR) is 166 cm³/mol. The lowest BCUT2D eigenvalue weighted by molar-refractivity contribution is 0.0696. The number of ether oxygens (including phenoxy) is 1. The minimum Gasteiger partial charge on any atom is -0.478 e. The number of aryl methyl sites for hydroxylation is 1. The highest BCUT2D eigenvalue weighted by Crippen LogP contribution is 2.19. The molecule has 5 rings (SSSR count). The number of hydrogen-bond acceptors (Lipinski definition) is 8. The number of rotatable bonds is 10. The van der Waals surface area contributed by atoms with Crippen molar-refractivity contribution in [3.05, 3.63) is 83.3 Å². The molecule has 11 nitrogen and oxygen atoms in total. The fraction of sp³-hybridized carbons (Fsp3) is 0.424. The lowest BCUT2D eigenvalue weighted by atomic mass is 9.99. The van der Waals surface area contributed by atoms with Crippen molar-refractivity contribution >= 4 is 23.7 Å². The van der Waals surface area contributed by atoms with Crippen molar-refractivity contribution in [3.8, 4) is 5.88 Å². The number of carboxylic acid groups (broad SMARTS) is 1. The molecule has 4 heterocycles. The van der Waals surface area contributed by atoms with Crippen molar-refractivity contribution in [2.24, 2.45) is 5.92 Å². The van der Waals surface area contributed by atoms with Gasteiger partial charge in [-0.25, -0.2) is 14.6 Å². The van der Waals surface area contributed by atoms with E-state index in [0.717, 1.165) is 63.7 Å². The second kappa shape index (κ2) is 14.9. The molecule has 0 aliphatic carbocycles.